The Morgan fingerprint density at radius 1 is 1.44 bits per heavy atom. The molecule has 1 aromatic rings. The molecule has 0 radical (unpaired) electrons. The fourth-order valence-corrected chi connectivity index (χ4v) is 4.01. The zero-order valence-corrected chi connectivity index (χ0v) is 15.5. The predicted octanol–water partition coefficient (Wildman–Crippen LogP) is 1.89. The molecule has 6 nitrogen and oxygen atoms in total. The molecule has 2 atom stereocenters. The zero-order valence-electron chi connectivity index (χ0n) is 14.7. The monoisotopic (exact) mass is 374 g/mol. The highest BCUT2D eigenvalue weighted by atomic mass is 32.2. The minimum atomic E-state index is -3.83. The predicted molar refractivity (Wildman–Crippen MR) is 93.4 cm³/mol. The summed E-state index contributed by atoms with van der Waals surface area (Å²) in [5, 5.41) is 0. The van der Waals surface area contributed by atoms with E-state index in [1.54, 1.807) is 0 Å². The van der Waals surface area contributed by atoms with Crippen LogP contribution in [0, 0.1) is 17.7 Å². The van der Waals surface area contributed by atoms with Gasteiger partial charge in [-0.3, -0.25) is 0 Å². The highest BCUT2D eigenvalue weighted by molar-refractivity contribution is 7.89. The van der Waals surface area contributed by atoms with Crippen LogP contribution in [0.25, 0.3) is 0 Å². The van der Waals surface area contributed by atoms with Crippen LogP contribution in [0.3, 0.4) is 0 Å². The van der Waals surface area contributed by atoms with Crippen molar-refractivity contribution in [2.45, 2.75) is 37.6 Å². The number of ether oxygens (including phenoxy) is 2. The maximum Gasteiger partial charge on any atom is 0.240 e. The topological polar surface area (TPSA) is 90.7 Å². The van der Waals surface area contributed by atoms with Crippen molar-refractivity contribution in [3.63, 3.8) is 0 Å². The van der Waals surface area contributed by atoms with E-state index in [1.165, 1.54) is 12.1 Å². The third-order valence-corrected chi connectivity index (χ3v) is 5.59. The fraction of sp³-hybridized carbons (Fsp3) is 0.647. The van der Waals surface area contributed by atoms with Crippen molar-refractivity contribution in [3.05, 3.63) is 24.0 Å². The number of nitrogens with one attached hydrogen (secondary N) is 1. The Morgan fingerprint density at radius 3 is 2.76 bits per heavy atom. The minimum absolute atomic E-state index is 0.0448. The van der Waals surface area contributed by atoms with E-state index in [9.17, 15) is 12.8 Å². The van der Waals surface area contributed by atoms with Crippen molar-refractivity contribution in [2.24, 2.45) is 17.6 Å². The molecule has 1 aliphatic heterocycles. The van der Waals surface area contributed by atoms with Gasteiger partial charge in [-0.05, 0) is 37.0 Å². The molecule has 0 bridgehead atoms. The Morgan fingerprint density at radius 2 is 2.20 bits per heavy atom. The summed E-state index contributed by atoms with van der Waals surface area (Å²) in [4.78, 5) is -0.135. The summed E-state index contributed by atoms with van der Waals surface area (Å²) in [5.41, 5.74) is 5.63. The van der Waals surface area contributed by atoms with Crippen LogP contribution >= 0.6 is 0 Å². The van der Waals surface area contributed by atoms with E-state index in [0.717, 1.165) is 12.5 Å². The molecule has 2 rings (SSSR count). The normalized spacial score (nSPS) is 19.3. The van der Waals surface area contributed by atoms with Crippen molar-refractivity contribution in [1.82, 2.24) is 4.72 Å². The molecule has 0 aromatic heterocycles. The zero-order chi connectivity index (χ0) is 18.4. The second-order valence-corrected chi connectivity index (χ2v) is 8.53. The first kappa shape index (κ1) is 20.1. The van der Waals surface area contributed by atoms with Crippen molar-refractivity contribution in [3.8, 4) is 5.75 Å². The number of rotatable bonds is 9. The highest BCUT2D eigenvalue weighted by Crippen LogP contribution is 2.23. The molecule has 8 heteroatoms. The van der Waals surface area contributed by atoms with E-state index in [4.69, 9.17) is 15.2 Å². The Bertz CT molecular complexity index is 661. The third-order valence-electron chi connectivity index (χ3n) is 4.07. The lowest BCUT2D eigenvalue weighted by Gasteiger charge is -2.19. The average molecular weight is 374 g/mol. The molecule has 3 N–H and O–H groups in total. The summed E-state index contributed by atoms with van der Waals surface area (Å²) >= 11 is 0. The maximum absolute atomic E-state index is 14.2. The largest absolute Gasteiger partial charge is 0.490 e. The summed E-state index contributed by atoms with van der Waals surface area (Å²) in [7, 11) is -3.83. The van der Waals surface area contributed by atoms with Crippen LogP contribution in [0.15, 0.2) is 23.1 Å². The molecule has 1 aromatic carbocycles. The molecule has 0 spiro atoms. The number of benzene rings is 1. The lowest BCUT2D eigenvalue weighted by atomic mass is 10.1. The summed E-state index contributed by atoms with van der Waals surface area (Å²) in [6.07, 6.45) is 1.50. The number of nitrogens with two attached hydrogens (primary N) is 1. The Hall–Kier alpha value is -1.22. The second-order valence-electron chi connectivity index (χ2n) is 6.82. The summed E-state index contributed by atoms with van der Waals surface area (Å²) in [6, 6.07) is 3.28. The van der Waals surface area contributed by atoms with Crippen molar-refractivity contribution in [2.75, 3.05) is 26.4 Å². The highest BCUT2D eigenvalue weighted by Gasteiger charge is 2.22. The van der Waals surface area contributed by atoms with Gasteiger partial charge in [-0.15, -0.1) is 0 Å². The Kier molecular flexibility index (Phi) is 7.18. The van der Waals surface area contributed by atoms with Gasteiger partial charge in [0.05, 0.1) is 18.1 Å². The maximum atomic E-state index is 14.2. The van der Waals surface area contributed by atoms with Crippen LogP contribution < -0.4 is 15.2 Å². The number of hydrogen-bond acceptors (Lipinski definition) is 5. The molecular formula is C17H27FN2O4S. The molecule has 1 fully saturated rings. The molecule has 1 aliphatic rings. The van der Waals surface area contributed by atoms with Crippen molar-refractivity contribution >= 4 is 10.0 Å². The van der Waals surface area contributed by atoms with E-state index in [0.29, 0.717) is 32.2 Å². The van der Waals surface area contributed by atoms with Gasteiger partial charge in [-0.1, -0.05) is 13.8 Å². The first-order chi connectivity index (χ1) is 11.8. The van der Waals surface area contributed by atoms with Crippen LogP contribution in [0.2, 0.25) is 0 Å². The van der Waals surface area contributed by atoms with E-state index in [2.05, 4.69) is 4.72 Å². The second kappa shape index (κ2) is 8.93. The van der Waals surface area contributed by atoms with Gasteiger partial charge in [0, 0.05) is 25.1 Å². The van der Waals surface area contributed by atoms with Gasteiger partial charge < -0.3 is 15.2 Å². The smallest absolute Gasteiger partial charge is 0.240 e. The molecule has 0 aliphatic carbocycles. The molecular weight excluding hydrogens is 347 g/mol. The number of hydrogen-bond donors (Lipinski definition) is 2. The van der Waals surface area contributed by atoms with Gasteiger partial charge in [0.15, 0.2) is 11.6 Å². The lowest BCUT2D eigenvalue weighted by molar-refractivity contribution is 0.165. The third kappa shape index (κ3) is 5.91. The molecule has 1 saturated heterocycles. The average Bonchev–Trinajstić information content (AvgIpc) is 3.05. The minimum Gasteiger partial charge on any atom is -0.490 e. The van der Waals surface area contributed by atoms with E-state index < -0.39 is 15.8 Å². The number of sulfonamides is 1. The first-order valence-corrected chi connectivity index (χ1v) is 10.0. The molecule has 142 valence electrons. The Balaban J connectivity index is 2.04. The van der Waals surface area contributed by atoms with Gasteiger partial charge in [-0.2, -0.15) is 0 Å². The van der Waals surface area contributed by atoms with Crippen LogP contribution in [-0.2, 0) is 14.8 Å². The van der Waals surface area contributed by atoms with E-state index in [1.807, 2.05) is 13.8 Å². The standard InChI is InChI=1S/C17H27FN2O4S/c1-12(2)7-14(9-19)20-25(21,22)15-3-4-17(16(18)8-15)24-11-13-5-6-23-10-13/h3-4,8,12-14,20H,5-7,9-11,19H2,1-2H3. The quantitative estimate of drug-likeness (QED) is 0.689. The fourth-order valence-electron chi connectivity index (χ4n) is 2.74. The summed E-state index contributed by atoms with van der Waals surface area (Å²) in [6.45, 7) is 5.80. The number of halogens is 1. The first-order valence-electron chi connectivity index (χ1n) is 8.54. The van der Waals surface area contributed by atoms with Crippen molar-refractivity contribution in [1.29, 1.82) is 0 Å². The molecule has 2 unspecified atom stereocenters. The summed E-state index contributed by atoms with van der Waals surface area (Å²) in [5.74, 6) is -0.118. The van der Waals surface area contributed by atoms with Crippen LogP contribution in [0.1, 0.15) is 26.7 Å². The van der Waals surface area contributed by atoms with Gasteiger partial charge >= 0.3 is 0 Å². The van der Waals surface area contributed by atoms with Crippen molar-refractivity contribution < 1.29 is 22.3 Å². The van der Waals surface area contributed by atoms with Gasteiger partial charge in [-0.25, -0.2) is 17.5 Å². The molecule has 1 heterocycles. The lowest BCUT2D eigenvalue weighted by Crippen LogP contribution is -2.41. The molecule has 0 saturated carbocycles. The molecule has 25 heavy (non-hydrogen) atoms. The SMILES string of the molecule is CC(C)CC(CN)NS(=O)(=O)c1ccc(OCC2CCOC2)c(F)c1. The van der Waals surface area contributed by atoms with Gasteiger partial charge in [0.25, 0.3) is 0 Å². The molecule has 0 amide bonds. The van der Waals surface area contributed by atoms with Gasteiger partial charge in [0.1, 0.15) is 0 Å². The summed E-state index contributed by atoms with van der Waals surface area (Å²) < 4.78 is 52.3. The van der Waals surface area contributed by atoms with E-state index in [-0.39, 0.29) is 29.1 Å². The van der Waals surface area contributed by atoms with Crippen LogP contribution in [0.4, 0.5) is 4.39 Å². The van der Waals surface area contributed by atoms with Crippen LogP contribution in [-0.4, -0.2) is 40.8 Å². The van der Waals surface area contributed by atoms with Crippen LogP contribution in [0.5, 0.6) is 5.75 Å². The van der Waals surface area contributed by atoms with E-state index >= 15 is 0 Å². The Labute approximate surface area is 148 Å². The van der Waals surface area contributed by atoms with Gasteiger partial charge in [0.2, 0.25) is 10.0 Å².